The van der Waals surface area contributed by atoms with Crippen LogP contribution in [0.1, 0.15) is 22.8 Å². The number of carbonyl (C=O) groups is 2. The van der Waals surface area contributed by atoms with Gasteiger partial charge in [0.25, 0.3) is 5.91 Å². The first-order chi connectivity index (χ1) is 12.0. The van der Waals surface area contributed by atoms with E-state index in [4.69, 9.17) is 15.2 Å². The maximum atomic E-state index is 12.6. The van der Waals surface area contributed by atoms with Gasteiger partial charge in [0.2, 0.25) is 0 Å². The third kappa shape index (κ3) is 5.06. The monoisotopic (exact) mass is 342 g/mol. The van der Waals surface area contributed by atoms with E-state index in [0.29, 0.717) is 23.5 Å². The van der Waals surface area contributed by atoms with Crippen molar-refractivity contribution in [3.05, 3.63) is 59.7 Å². The Labute approximate surface area is 147 Å². The van der Waals surface area contributed by atoms with Gasteiger partial charge in [0.15, 0.2) is 0 Å². The molecule has 0 heterocycles. The van der Waals surface area contributed by atoms with E-state index in [1.807, 2.05) is 24.3 Å². The van der Waals surface area contributed by atoms with E-state index in [-0.39, 0.29) is 19.1 Å². The lowest BCUT2D eigenvalue weighted by Gasteiger charge is -2.21. The molecule has 0 atom stereocenters. The molecular formula is C19H22N2O4. The summed E-state index contributed by atoms with van der Waals surface area (Å²) < 4.78 is 10.2. The lowest BCUT2D eigenvalue weighted by atomic mass is 10.1. The highest BCUT2D eigenvalue weighted by Crippen LogP contribution is 2.22. The van der Waals surface area contributed by atoms with Crippen molar-refractivity contribution >= 4 is 23.3 Å². The summed E-state index contributed by atoms with van der Waals surface area (Å²) in [6, 6.07) is 14.1. The first-order valence-electron chi connectivity index (χ1n) is 7.97. The predicted octanol–water partition coefficient (Wildman–Crippen LogP) is 2.63. The van der Waals surface area contributed by atoms with Crippen LogP contribution in [0, 0.1) is 0 Å². The van der Waals surface area contributed by atoms with Crippen LogP contribution < -0.4 is 10.6 Å². The second-order valence-corrected chi connectivity index (χ2v) is 5.41. The average molecular weight is 342 g/mol. The molecule has 0 aliphatic carbocycles. The van der Waals surface area contributed by atoms with Crippen LogP contribution in [0.5, 0.6) is 0 Å². The highest BCUT2D eigenvalue weighted by atomic mass is 16.6. The third-order valence-corrected chi connectivity index (χ3v) is 3.60. The Hall–Kier alpha value is -2.86. The number of nitrogens with zero attached hydrogens (tertiary/aromatic N) is 1. The van der Waals surface area contributed by atoms with Crippen molar-refractivity contribution in [3.8, 4) is 0 Å². The van der Waals surface area contributed by atoms with Gasteiger partial charge in [0.1, 0.15) is 6.61 Å². The third-order valence-electron chi connectivity index (χ3n) is 3.60. The molecule has 6 nitrogen and oxygen atoms in total. The molecule has 0 radical (unpaired) electrons. The summed E-state index contributed by atoms with van der Waals surface area (Å²) in [7, 11) is 1.70. The van der Waals surface area contributed by atoms with Gasteiger partial charge in [-0.25, -0.2) is 4.79 Å². The molecule has 0 aliphatic heterocycles. The van der Waals surface area contributed by atoms with Gasteiger partial charge in [0, 0.05) is 29.5 Å². The highest BCUT2D eigenvalue weighted by molar-refractivity contribution is 6.06. The number of anilines is 2. The van der Waals surface area contributed by atoms with Crippen molar-refractivity contribution in [3.63, 3.8) is 0 Å². The lowest BCUT2D eigenvalue weighted by Crippen LogP contribution is -2.27. The fraction of sp³-hybridized carbons (Fsp3) is 0.263. The quantitative estimate of drug-likeness (QED) is 0.618. The maximum Gasteiger partial charge on any atom is 0.332 e. The SMILES string of the molecule is CCOC(=O)COCc1ccccc1N(C)C(=O)c1ccc(N)cc1. The van der Waals surface area contributed by atoms with Gasteiger partial charge in [0.05, 0.1) is 13.2 Å². The average Bonchev–Trinajstić information content (AvgIpc) is 2.62. The van der Waals surface area contributed by atoms with Gasteiger partial charge in [-0.15, -0.1) is 0 Å². The van der Waals surface area contributed by atoms with Crippen molar-refractivity contribution in [1.82, 2.24) is 0 Å². The molecule has 132 valence electrons. The molecule has 2 aromatic carbocycles. The number of nitrogen functional groups attached to an aromatic ring is 1. The number of hydrogen-bond donors (Lipinski definition) is 1. The van der Waals surface area contributed by atoms with E-state index in [0.717, 1.165) is 5.56 Å². The van der Waals surface area contributed by atoms with Crippen LogP contribution in [0.15, 0.2) is 48.5 Å². The first kappa shape index (κ1) is 18.5. The Bertz CT molecular complexity index is 728. The van der Waals surface area contributed by atoms with E-state index in [1.165, 1.54) is 0 Å². The molecule has 1 amide bonds. The fourth-order valence-corrected chi connectivity index (χ4v) is 2.34. The number of rotatable bonds is 7. The minimum Gasteiger partial charge on any atom is -0.464 e. The smallest absolute Gasteiger partial charge is 0.332 e. The minimum absolute atomic E-state index is 0.127. The topological polar surface area (TPSA) is 81.9 Å². The van der Waals surface area contributed by atoms with Crippen LogP contribution in [0.3, 0.4) is 0 Å². The van der Waals surface area contributed by atoms with Crippen LogP contribution in [0.25, 0.3) is 0 Å². The summed E-state index contributed by atoms with van der Waals surface area (Å²) >= 11 is 0. The van der Waals surface area contributed by atoms with Crippen LogP contribution in [-0.4, -0.2) is 32.1 Å². The van der Waals surface area contributed by atoms with Crippen molar-refractivity contribution in [2.24, 2.45) is 0 Å². The summed E-state index contributed by atoms with van der Waals surface area (Å²) in [5.74, 6) is -0.566. The molecule has 0 unspecified atom stereocenters. The van der Waals surface area contributed by atoms with Crippen LogP contribution >= 0.6 is 0 Å². The molecule has 0 saturated heterocycles. The second kappa shape index (κ2) is 8.84. The Morgan fingerprint density at radius 1 is 1.08 bits per heavy atom. The molecule has 25 heavy (non-hydrogen) atoms. The molecule has 2 aromatic rings. The van der Waals surface area contributed by atoms with Crippen molar-refractivity contribution in [2.75, 3.05) is 30.9 Å². The van der Waals surface area contributed by atoms with E-state index < -0.39 is 5.97 Å². The number of nitrogens with two attached hydrogens (primary N) is 1. The summed E-state index contributed by atoms with van der Waals surface area (Å²) in [5.41, 5.74) is 8.32. The van der Waals surface area contributed by atoms with Gasteiger partial charge in [-0.3, -0.25) is 4.79 Å². The first-order valence-corrected chi connectivity index (χ1v) is 7.97. The normalized spacial score (nSPS) is 10.3. The van der Waals surface area contributed by atoms with Gasteiger partial charge in [-0.1, -0.05) is 18.2 Å². The van der Waals surface area contributed by atoms with Crippen molar-refractivity contribution < 1.29 is 19.1 Å². The number of carbonyl (C=O) groups excluding carboxylic acids is 2. The summed E-state index contributed by atoms with van der Waals surface area (Å²) in [5, 5.41) is 0. The van der Waals surface area contributed by atoms with Crippen molar-refractivity contribution in [1.29, 1.82) is 0 Å². The largest absolute Gasteiger partial charge is 0.464 e. The summed E-state index contributed by atoms with van der Waals surface area (Å²) in [4.78, 5) is 25.5. The molecule has 0 saturated carbocycles. The van der Waals surface area contributed by atoms with Gasteiger partial charge in [-0.05, 0) is 37.3 Å². The Kier molecular flexibility index (Phi) is 6.54. The fourth-order valence-electron chi connectivity index (χ4n) is 2.34. The molecule has 0 fully saturated rings. The number of benzene rings is 2. The molecular weight excluding hydrogens is 320 g/mol. The number of hydrogen-bond acceptors (Lipinski definition) is 5. The molecule has 2 rings (SSSR count). The number of esters is 1. The van der Waals surface area contributed by atoms with E-state index >= 15 is 0 Å². The molecule has 6 heteroatoms. The van der Waals surface area contributed by atoms with E-state index in [2.05, 4.69) is 0 Å². The number of para-hydroxylation sites is 1. The molecule has 0 bridgehead atoms. The Morgan fingerprint density at radius 2 is 1.76 bits per heavy atom. The molecule has 0 spiro atoms. The highest BCUT2D eigenvalue weighted by Gasteiger charge is 2.16. The maximum absolute atomic E-state index is 12.6. The van der Waals surface area contributed by atoms with Crippen molar-refractivity contribution in [2.45, 2.75) is 13.5 Å². The summed E-state index contributed by atoms with van der Waals surface area (Å²) in [6.45, 7) is 2.13. The van der Waals surface area contributed by atoms with E-state index in [1.54, 1.807) is 43.1 Å². The summed E-state index contributed by atoms with van der Waals surface area (Å²) in [6.07, 6.45) is 0. The Balaban J connectivity index is 2.09. The zero-order valence-electron chi connectivity index (χ0n) is 14.4. The lowest BCUT2D eigenvalue weighted by molar-refractivity contribution is -0.148. The Morgan fingerprint density at radius 3 is 2.44 bits per heavy atom. The van der Waals surface area contributed by atoms with Gasteiger partial charge >= 0.3 is 5.97 Å². The van der Waals surface area contributed by atoms with E-state index in [9.17, 15) is 9.59 Å². The number of ether oxygens (including phenoxy) is 2. The predicted molar refractivity (Wildman–Crippen MR) is 96.3 cm³/mol. The minimum atomic E-state index is -0.411. The van der Waals surface area contributed by atoms with Crippen LogP contribution in [0.2, 0.25) is 0 Å². The molecule has 0 aliphatic rings. The standard InChI is InChI=1S/C19H22N2O4/c1-3-25-18(22)13-24-12-15-6-4-5-7-17(15)21(2)19(23)14-8-10-16(20)11-9-14/h4-11H,3,12-13,20H2,1-2H3. The van der Waals surface area contributed by atoms with Gasteiger partial charge in [-0.2, -0.15) is 0 Å². The van der Waals surface area contributed by atoms with Crippen LogP contribution in [0.4, 0.5) is 11.4 Å². The molecule has 2 N–H and O–H groups in total. The zero-order valence-corrected chi connectivity index (χ0v) is 14.4. The zero-order chi connectivity index (χ0) is 18.2. The van der Waals surface area contributed by atoms with Gasteiger partial charge < -0.3 is 20.1 Å². The van der Waals surface area contributed by atoms with Crippen LogP contribution in [-0.2, 0) is 20.9 Å². The second-order valence-electron chi connectivity index (χ2n) is 5.41. The molecule has 0 aromatic heterocycles. The number of amides is 1.